The smallest absolute Gasteiger partial charge is 0.157 e. The summed E-state index contributed by atoms with van der Waals surface area (Å²) in [5, 5.41) is 16.2. The van der Waals surface area contributed by atoms with Crippen LogP contribution in [0.5, 0.6) is 5.75 Å². The molecule has 2 aliphatic heterocycles. The lowest BCUT2D eigenvalue weighted by Gasteiger charge is -2.34. The molecule has 3 aliphatic rings. The Morgan fingerprint density at radius 1 is 1.08 bits per heavy atom. The summed E-state index contributed by atoms with van der Waals surface area (Å²) in [7, 11) is 0. The van der Waals surface area contributed by atoms with Crippen molar-refractivity contribution in [2.24, 2.45) is 0 Å². The van der Waals surface area contributed by atoms with Gasteiger partial charge in [0, 0.05) is 58.7 Å². The first-order chi connectivity index (χ1) is 17.9. The molecule has 1 aliphatic carbocycles. The first-order valence-corrected chi connectivity index (χ1v) is 12.9. The Hall–Kier alpha value is -3.47. The monoisotopic (exact) mass is 516 g/mol. The van der Waals surface area contributed by atoms with Crippen LogP contribution in [-0.2, 0) is 0 Å². The number of piperazine rings is 1. The number of terminal acetylenes is 1. The molecule has 8 heteroatoms. The number of pyridine rings is 2. The third-order valence-corrected chi connectivity index (χ3v) is 8.20. The number of anilines is 1. The van der Waals surface area contributed by atoms with Gasteiger partial charge in [0.15, 0.2) is 5.82 Å². The van der Waals surface area contributed by atoms with Gasteiger partial charge < -0.3 is 15.3 Å². The zero-order valence-electron chi connectivity index (χ0n) is 19.9. The molecule has 2 N–H and O–H groups in total. The molecule has 2 atom stereocenters. The summed E-state index contributed by atoms with van der Waals surface area (Å²) in [4.78, 5) is 11.5. The minimum Gasteiger partial charge on any atom is -0.508 e. The molecular formula is C29H23ClF2N4O. The number of aromatic hydroxyl groups is 1. The van der Waals surface area contributed by atoms with Crippen molar-refractivity contribution in [2.45, 2.75) is 43.7 Å². The molecule has 2 unspecified atom stereocenters. The van der Waals surface area contributed by atoms with Crippen LogP contribution < -0.4 is 10.2 Å². The summed E-state index contributed by atoms with van der Waals surface area (Å²) in [5.41, 5.74) is 0.915. The molecule has 4 aromatic rings. The number of rotatable bonds is 3. The highest BCUT2D eigenvalue weighted by Gasteiger charge is 2.36. The van der Waals surface area contributed by atoms with E-state index in [0.717, 1.165) is 38.8 Å². The second-order valence-corrected chi connectivity index (χ2v) is 10.7. The number of nitrogens with one attached hydrogen (secondary N) is 1. The van der Waals surface area contributed by atoms with E-state index in [2.05, 4.69) is 21.1 Å². The Morgan fingerprint density at radius 3 is 2.54 bits per heavy atom. The van der Waals surface area contributed by atoms with Gasteiger partial charge in [-0.2, -0.15) is 0 Å². The quantitative estimate of drug-likeness (QED) is 0.263. The van der Waals surface area contributed by atoms with E-state index in [1.807, 2.05) is 0 Å². The van der Waals surface area contributed by atoms with Crippen LogP contribution in [0.3, 0.4) is 0 Å². The van der Waals surface area contributed by atoms with Crippen molar-refractivity contribution >= 4 is 39.0 Å². The van der Waals surface area contributed by atoms with Crippen LogP contribution in [0.2, 0.25) is 5.15 Å². The van der Waals surface area contributed by atoms with Gasteiger partial charge in [-0.1, -0.05) is 23.6 Å². The molecule has 2 bridgehead atoms. The van der Waals surface area contributed by atoms with E-state index in [9.17, 15) is 9.50 Å². The minimum atomic E-state index is -0.593. The summed E-state index contributed by atoms with van der Waals surface area (Å²) in [6, 6.07) is 6.35. The van der Waals surface area contributed by atoms with Crippen molar-refractivity contribution in [1.29, 1.82) is 0 Å². The van der Waals surface area contributed by atoms with Crippen LogP contribution in [0.15, 0.2) is 30.5 Å². The number of hydrogen-bond acceptors (Lipinski definition) is 5. The zero-order chi connectivity index (χ0) is 25.4. The molecular weight excluding hydrogens is 494 g/mol. The lowest BCUT2D eigenvalue weighted by Crippen LogP contribution is -2.51. The van der Waals surface area contributed by atoms with Crippen LogP contribution in [0, 0.1) is 24.0 Å². The molecule has 0 spiro atoms. The fourth-order valence-corrected chi connectivity index (χ4v) is 6.46. The largest absolute Gasteiger partial charge is 0.508 e. The SMILES string of the molecule is C#Cc1c(F)ccc2cc(O)cc(-c3ncc4c(N5CC6CCC(C5)N6)nc(Cl)c(C5CC5)c4c3F)c12. The minimum absolute atomic E-state index is 0.000884. The number of phenolic OH excluding ortho intramolecular Hbond substituents is 1. The zero-order valence-corrected chi connectivity index (χ0v) is 20.6. The van der Waals surface area contributed by atoms with Gasteiger partial charge in [0.05, 0.1) is 5.56 Å². The second kappa shape index (κ2) is 8.27. The molecule has 5 nitrogen and oxygen atoms in total. The fraction of sp³-hybridized carbons (Fsp3) is 0.310. The predicted molar refractivity (Wildman–Crippen MR) is 141 cm³/mol. The van der Waals surface area contributed by atoms with Crippen molar-refractivity contribution in [3.8, 4) is 29.4 Å². The lowest BCUT2D eigenvalue weighted by atomic mass is 9.94. The molecule has 7 rings (SSSR count). The fourth-order valence-electron chi connectivity index (χ4n) is 6.13. The number of fused-ring (bicyclic) bond motifs is 4. The molecule has 2 aromatic carbocycles. The lowest BCUT2D eigenvalue weighted by molar-refractivity contribution is 0.464. The number of phenols is 1. The summed E-state index contributed by atoms with van der Waals surface area (Å²) in [6.07, 6.45) is 11.3. The Kier molecular flexibility index (Phi) is 5.08. The maximum absolute atomic E-state index is 16.7. The molecule has 2 saturated heterocycles. The van der Waals surface area contributed by atoms with Crippen LogP contribution in [0.1, 0.15) is 42.7 Å². The summed E-state index contributed by atoms with van der Waals surface area (Å²) >= 11 is 6.75. The van der Waals surface area contributed by atoms with Crippen LogP contribution >= 0.6 is 11.6 Å². The van der Waals surface area contributed by atoms with E-state index in [0.29, 0.717) is 50.2 Å². The molecule has 37 heavy (non-hydrogen) atoms. The van der Waals surface area contributed by atoms with Crippen LogP contribution in [-0.4, -0.2) is 40.2 Å². The topological polar surface area (TPSA) is 61.3 Å². The van der Waals surface area contributed by atoms with Gasteiger partial charge in [-0.05, 0) is 55.2 Å². The Bertz CT molecular complexity index is 1650. The van der Waals surface area contributed by atoms with E-state index in [1.165, 1.54) is 24.3 Å². The van der Waals surface area contributed by atoms with Crippen molar-refractivity contribution in [2.75, 3.05) is 18.0 Å². The van der Waals surface area contributed by atoms with Gasteiger partial charge in [-0.3, -0.25) is 4.98 Å². The van der Waals surface area contributed by atoms with Crippen LogP contribution in [0.4, 0.5) is 14.6 Å². The highest BCUT2D eigenvalue weighted by Crippen LogP contribution is 2.49. The van der Waals surface area contributed by atoms with Gasteiger partial charge >= 0.3 is 0 Å². The molecule has 186 valence electrons. The van der Waals surface area contributed by atoms with Gasteiger partial charge in [0.25, 0.3) is 0 Å². The average molecular weight is 517 g/mol. The predicted octanol–water partition coefficient (Wildman–Crippen LogP) is 5.89. The summed E-state index contributed by atoms with van der Waals surface area (Å²) in [5.74, 6) is 1.90. The van der Waals surface area contributed by atoms with E-state index in [1.54, 1.807) is 6.20 Å². The van der Waals surface area contributed by atoms with Gasteiger partial charge in [0.2, 0.25) is 0 Å². The Morgan fingerprint density at radius 2 is 1.84 bits per heavy atom. The number of nitrogens with zero attached hydrogens (tertiary/aromatic N) is 3. The van der Waals surface area contributed by atoms with E-state index < -0.39 is 11.6 Å². The summed E-state index contributed by atoms with van der Waals surface area (Å²) < 4.78 is 31.4. The first-order valence-electron chi connectivity index (χ1n) is 12.5. The number of halogens is 3. The maximum atomic E-state index is 16.7. The highest BCUT2D eigenvalue weighted by molar-refractivity contribution is 6.31. The molecule has 2 aromatic heterocycles. The van der Waals surface area contributed by atoms with Crippen molar-refractivity contribution in [3.05, 3.63) is 58.4 Å². The molecule has 1 saturated carbocycles. The Labute approximate surface area is 217 Å². The average Bonchev–Trinajstić information content (AvgIpc) is 3.66. The molecule has 3 fully saturated rings. The number of aromatic nitrogens is 2. The number of hydrogen-bond donors (Lipinski definition) is 2. The van der Waals surface area contributed by atoms with E-state index in [4.69, 9.17) is 23.0 Å². The van der Waals surface area contributed by atoms with Crippen molar-refractivity contribution < 1.29 is 13.9 Å². The Balaban J connectivity index is 1.51. The molecule has 0 radical (unpaired) electrons. The third kappa shape index (κ3) is 3.54. The van der Waals surface area contributed by atoms with E-state index in [-0.39, 0.29) is 28.5 Å². The summed E-state index contributed by atoms with van der Waals surface area (Å²) in [6.45, 7) is 1.53. The third-order valence-electron chi connectivity index (χ3n) is 7.91. The normalized spacial score (nSPS) is 21.1. The first kappa shape index (κ1) is 22.7. The highest BCUT2D eigenvalue weighted by atomic mass is 35.5. The second-order valence-electron chi connectivity index (χ2n) is 10.3. The van der Waals surface area contributed by atoms with Crippen molar-refractivity contribution in [3.63, 3.8) is 0 Å². The van der Waals surface area contributed by atoms with Crippen molar-refractivity contribution in [1.82, 2.24) is 15.3 Å². The van der Waals surface area contributed by atoms with Gasteiger partial charge in [0.1, 0.15) is 28.2 Å². The molecule has 0 amide bonds. The molecule has 4 heterocycles. The van der Waals surface area contributed by atoms with Crippen LogP contribution in [0.25, 0.3) is 32.8 Å². The van der Waals surface area contributed by atoms with Gasteiger partial charge in [-0.25, -0.2) is 13.8 Å². The van der Waals surface area contributed by atoms with Gasteiger partial charge in [-0.15, -0.1) is 6.42 Å². The number of benzene rings is 2. The van der Waals surface area contributed by atoms with E-state index >= 15 is 4.39 Å². The maximum Gasteiger partial charge on any atom is 0.157 e. The standard InChI is InChI=1S/C29H23ClF2N4O/c1-2-19-22(31)8-5-15-9-18(37)10-20(23(15)19)27-26(32)25-21(11-33-27)29(35-28(30)24(25)14-3-4-14)36-12-16-6-7-17(13-36)34-16/h1,5,8-11,14,16-17,34,37H,3-4,6-7,12-13H2.